The number of Topliss-reactive ketones (excluding diaryl/α,β-unsaturated/α-hetero) is 2. The first-order chi connectivity index (χ1) is 23.4. The number of anilines is 1. The van der Waals surface area contributed by atoms with Gasteiger partial charge in [0.2, 0.25) is 11.9 Å². The number of nitrogens with one attached hydrogen (secondary N) is 2. The normalized spacial score (nSPS) is 14.6. The lowest BCUT2D eigenvalue weighted by molar-refractivity contribution is -0.154. The molecule has 0 bridgehead atoms. The number of nitrogens with zero attached hydrogens (tertiary/aromatic N) is 4. The standard InChI is InChI=1S/C33H38ClF3N6O6S/c1-21(29(46)42-50(47,48)43(2)3)18-26(44)6-4-5-7-27(45)23-10-8-22(9-11-23)19-28-38-30(40-31(39-28)49-20-33(35,36)37)41-32(16-17-32)24-12-14-25(34)15-13-24/h8-15,21H,4-7,16-20H2,1-3H3,(H,42,46)(H,38,39,40,41)/t21-/m1/s1. The molecule has 1 saturated carbocycles. The lowest BCUT2D eigenvalue weighted by atomic mass is 9.98. The lowest BCUT2D eigenvalue weighted by Crippen LogP contribution is -2.42. The zero-order chi connectivity index (χ0) is 36.7. The summed E-state index contributed by atoms with van der Waals surface area (Å²) >= 11 is 6.02. The summed E-state index contributed by atoms with van der Waals surface area (Å²) < 4.78 is 70.0. The van der Waals surface area contributed by atoms with Gasteiger partial charge in [-0.1, -0.05) is 54.9 Å². The van der Waals surface area contributed by atoms with Crippen LogP contribution in [0.2, 0.25) is 5.02 Å². The van der Waals surface area contributed by atoms with E-state index in [0.717, 1.165) is 22.7 Å². The van der Waals surface area contributed by atoms with Crippen molar-refractivity contribution in [3.63, 3.8) is 0 Å². The Morgan fingerprint density at radius 3 is 2.22 bits per heavy atom. The molecule has 2 aromatic carbocycles. The van der Waals surface area contributed by atoms with Gasteiger partial charge in [0.15, 0.2) is 12.4 Å². The molecule has 1 heterocycles. The first kappa shape index (κ1) is 38.6. The smallest absolute Gasteiger partial charge is 0.422 e. The topological polar surface area (TPSA) is 161 Å². The Kier molecular flexibility index (Phi) is 12.6. The van der Waals surface area contributed by atoms with Crippen molar-refractivity contribution in [2.24, 2.45) is 5.92 Å². The maximum Gasteiger partial charge on any atom is 0.422 e. The second-order valence-electron chi connectivity index (χ2n) is 12.4. The molecular formula is C33H38ClF3N6O6S. The van der Waals surface area contributed by atoms with Crippen molar-refractivity contribution in [3.8, 4) is 6.01 Å². The Morgan fingerprint density at radius 2 is 1.62 bits per heavy atom. The summed E-state index contributed by atoms with van der Waals surface area (Å²) in [6, 6.07) is 13.4. The molecule has 17 heteroatoms. The van der Waals surface area contributed by atoms with Gasteiger partial charge >= 0.3 is 22.4 Å². The molecule has 0 spiro atoms. The third-order valence-electron chi connectivity index (χ3n) is 7.96. The van der Waals surface area contributed by atoms with Gasteiger partial charge in [-0.3, -0.25) is 14.4 Å². The number of carbonyl (C=O) groups is 3. The summed E-state index contributed by atoms with van der Waals surface area (Å²) in [5, 5.41) is 3.81. The van der Waals surface area contributed by atoms with Gasteiger partial charge in [-0.2, -0.15) is 40.8 Å². The van der Waals surface area contributed by atoms with Gasteiger partial charge in [-0.05, 0) is 48.9 Å². The summed E-state index contributed by atoms with van der Waals surface area (Å²) in [5.74, 6) is -1.72. The van der Waals surface area contributed by atoms with Crippen LogP contribution in [0.4, 0.5) is 19.1 Å². The second kappa shape index (κ2) is 16.2. The van der Waals surface area contributed by atoms with Crippen molar-refractivity contribution in [2.45, 2.75) is 70.0 Å². The van der Waals surface area contributed by atoms with Crippen LogP contribution in [0.3, 0.4) is 0 Å². The molecule has 50 heavy (non-hydrogen) atoms. The number of halogens is 4. The van der Waals surface area contributed by atoms with Gasteiger partial charge in [0.25, 0.3) is 0 Å². The minimum absolute atomic E-state index is 0.0694. The molecule has 1 atom stereocenters. The van der Waals surface area contributed by atoms with E-state index in [1.54, 1.807) is 36.4 Å². The Morgan fingerprint density at radius 1 is 0.980 bits per heavy atom. The summed E-state index contributed by atoms with van der Waals surface area (Å²) in [6.07, 6.45) is -1.91. The summed E-state index contributed by atoms with van der Waals surface area (Å²) in [6.45, 7) is -0.0992. The van der Waals surface area contributed by atoms with Crippen molar-refractivity contribution >= 4 is 45.2 Å². The molecule has 0 unspecified atom stereocenters. The van der Waals surface area contributed by atoms with E-state index in [1.807, 2.05) is 16.9 Å². The van der Waals surface area contributed by atoms with E-state index in [0.29, 0.717) is 29.0 Å². The van der Waals surface area contributed by atoms with Crippen LogP contribution in [0.1, 0.15) is 79.2 Å². The Labute approximate surface area is 293 Å². The first-order valence-electron chi connectivity index (χ1n) is 15.8. The molecule has 1 aliphatic carbocycles. The quantitative estimate of drug-likeness (QED) is 0.127. The van der Waals surface area contributed by atoms with Gasteiger partial charge in [-0.15, -0.1) is 0 Å². The molecule has 0 aliphatic heterocycles. The third kappa shape index (κ3) is 11.5. The number of amides is 1. The SMILES string of the molecule is C[C@H](CC(=O)CCCCC(=O)c1ccc(Cc2nc(NC3(c4ccc(Cl)cc4)CC3)nc(OCC(F)(F)F)n2)cc1)C(=O)NS(=O)(=O)N(C)C. The zero-order valence-electron chi connectivity index (χ0n) is 27.7. The molecule has 1 fully saturated rings. The largest absolute Gasteiger partial charge is 0.454 e. The van der Waals surface area contributed by atoms with Crippen LogP contribution in [0.5, 0.6) is 6.01 Å². The van der Waals surface area contributed by atoms with Crippen LogP contribution in [0.15, 0.2) is 48.5 Å². The molecule has 12 nitrogen and oxygen atoms in total. The van der Waals surface area contributed by atoms with Crippen LogP contribution >= 0.6 is 11.6 Å². The molecule has 4 rings (SSSR count). The molecule has 0 saturated heterocycles. The summed E-state index contributed by atoms with van der Waals surface area (Å²) in [4.78, 5) is 49.8. The van der Waals surface area contributed by atoms with E-state index in [9.17, 15) is 36.0 Å². The summed E-state index contributed by atoms with van der Waals surface area (Å²) in [7, 11) is -1.39. The van der Waals surface area contributed by atoms with Crippen molar-refractivity contribution < 1.29 is 40.7 Å². The van der Waals surface area contributed by atoms with Gasteiger partial charge in [-0.25, -0.2) is 4.72 Å². The predicted octanol–water partition coefficient (Wildman–Crippen LogP) is 5.42. The number of alkyl halides is 3. The molecule has 1 aromatic heterocycles. The van der Waals surface area contributed by atoms with Crippen LogP contribution in [-0.2, 0) is 31.8 Å². The lowest BCUT2D eigenvalue weighted by Gasteiger charge is -2.19. The first-order valence-corrected chi connectivity index (χ1v) is 17.6. The Balaban J connectivity index is 1.31. The number of rotatable bonds is 18. The van der Waals surface area contributed by atoms with Gasteiger partial charge in [0.05, 0.1) is 5.54 Å². The van der Waals surface area contributed by atoms with Gasteiger partial charge in [0.1, 0.15) is 11.6 Å². The number of ketones is 2. The highest BCUT2D eigenvalue weighted by Crippen LogP contribution is 2.48. The van der Waals surface area contributed by atoms with Gasteiger partial charge < -0.3 is 10.1 Å². The average Bonchev–Trinajstić information content (AvgIpc) is 3.82. The predicted molar refractivity (Wildman–Crippen MR) is 179 cm³/mol. The molecule has 2 N–H and O–H groups in total. The fraction of sp³-hybridized carbons (Fsp3) is 0.455. The van der Waals surface area contributed by atoms with Crippen molar-refractivity contribution in [2.75, 3.05) is 26.0 Å². The van der Waals surface area contributed by atoms with Crippen molar-refractivity contribution in [1.29, 1.82) is 0 Å². The van der Waals surface area contributed by atoms with Crippen LogP contribution in [0, 0.1) is 5.92 Å². The number of carbonyl (C=O) groups excluding carboxylic acids is 3. The zero-order valence-corrected chi connectivity index (χ0v) is 29.3. The highest BCUT2D eigenvalue weighted by atomic mass is 35.5. The number of ether oxygens (including phenoxy) is 1. The molecule has 3 aromatic rings. The minimum atomic E-state index is -4.59. The number of hydrogen-bond acceptors (Lipinski definition) is 10. The monoisotopic (exact) mass is 738 g/mol. The van der Waals surface area contributed by atoms with Crippen LogP contribution in [-0.4, -0.2) is 72.0 Å². The van der Waals surface area contributed by atoms with E-state index in [4.69, 9.17) is 16.3 Å². The maximum atomic E-state index is 12.9. The second-order valence-corrected chi connectivity index (χ2v) is 14.7. The van der Waals surface area contributed by atoms with E-state index < -0.39 is 46.4 Å². The fourth-order valence-electron chi connectivity index (χ4n) is 4.94. The minimum Gasteiger partial charge on any atom is -0.454 e. The third-order valence-corrected chi connectivity index (χ3v) is 9.64. The molecule has 0 radical (unpaired) electrons. The number of aromatic nitrogens is 3. The molecule has 1 aliphatic rings. The van der Waals surface area contributed by atoms with E-state index in [1.165, 1.54) is 21.0 Å². The van der Waals surface area contributed by atoms with Crippen LogP contribution < -0.4 is 14.8 Å². The van der Waals surface area contributed by atoms with Crippen molar-refractivity contribution in [1.82, 2.24) is 24.0 Å². The van der Waals surface area contributed by atoms with E-state index >= 15 is 0 Å². The molecule has 270 valence electrons. The number of benzene rings is 2. The maximum absolute atomic E-state index is 12.9. The average molecular weight is 739 g/mol. The highest BCUT2D eigenvalue weighted by molar-refractivity contribution is 7.87. The Bertz CT molecular complexity index is 1790. The molecule has 1 amide bonds. The fourth-order valence-corrected chi connectivity index (χ4v) is 5.70. The highest BCUT2D eigenvalue weighted by Gasteiger charge is 2.45. The molecular weight excluding hydrogens is 701 g/mol. The van der Waals surface area contributed by atoms with Gasteiger partial charge in [0, 0.05) is 56.3 Å². The summed E-state index contributed by atoms with van der Waals surface area (Å²) in [5.41, 5.74) is 1.58. The van der Waals surface area contributed by atoms with E-state index in [2.05, 4.69) is 20.3 Å². The number of hydrogen-bond donors (Lipinski definition) is 2. The van der Waals surface area contributed by atoms with Crippen LogP contribution in [0.25, 0.3) is 0 Å². The Hall–Kier alpha value is -4.15. The van der Waals surface area contributed by atoms with Crippen molar-refractivity contribution in [3.05, 3.63) is 76.1 Å². The van der Waals surface area contributed by atoms with E-state index in [-0.39, 0.29) is 49.0 Å². The number of unbranched alkanes of at least 4 members (excludes halogenated alkanes) is 1.